The zero-order chi connectivity index (χ0) is 24.3. The Balaban J connectivity index is 1.31. The molecule has 5 aliphatic rings. The number of likely N-dealkylation sites (tertiary alicyclic amines) is 1. The average molecular weight is 487 g/mol. The Kier molecular flexibility index (Phi) is 6.70. The minimum Gasteiger partial charge on any atom is -0.380 e. The number of amides is 1. The van der Waals surface area contributed by atoms with Crippen molar-refractivity contribution in [3.63, 3.8) is 0 Å². The molecule has 0 aromatic carbocycles. The van der Waals surface area contributed by atoms with Gasteiger partial charge in [0.1, 0.15) is 0 Å². The van der Waals surface area contributed by atoms with Gasteiger partial charge in [0.05, 0.1) is 32.0 Å². The highest BCUT2D eigenvalue weighted by Gasteiger charge is 2.58. The molecule has 1 amide bonds. The number of carbonyl (C=O) groups excluding carboxylic acids is 1. The highest BCUT2D eigenvalue weighted by atomic mass is 19.4. The minimum atomic E-state index is -4.23. The number of ether oxygens (including phenoxy) is 1. The first kappa shape index (κ1) is 24.8. The number of fused-ring (bicyclic) bond motifs is 1. The van der Waals surface area contributed by atoms with Crippen molar-refractivity contribution >= 4 is 5.91 Å². The molecule has 3 saturated heterocycles. The van der Waals surface area contributed by atoms with Crippen molar-refractivity contribution in [1.29, 1.82) is 0 Å². The van der Waals surface area contributed by atoms with Gasteiger partial charge in [-0.15, -0.1) is 0 Å². The van der Waals surface area contributed by atoms with Crippen LogP contribution in [0.25, 0.3) is 0 Å². The lowest BCUT2D eigenvalue weighted by Gasteiger charge is -2.52. The summed E-state index contributed by atoms with van der Waals surface area (Å²) in [5.41, 5.74) is 6.65. The molecule has 0 aromatic heterocycles. The number of halogens is 3. The van der Waals surface area contributed by atoms with Gasteiger partial charge in [-0.2, -0.15) is 13.2 Å². The number of nitrogens with zero attached hydrogens (tertiary/aromatic N) is 2. The van der Waals surface area contributed by atoms with E-state index in [1.807, 2.05) is 18.7 Å². The smallest absolute Gasteiger partial charge is 0.380 e. The van der Waals surface area contributed by atoms with Crippen molar-refractivity contribution in [3.8, 4) is 0 Å². The molecule has 3 aliphatic heterocycles. The molecule has 7 atom stereocenters. The van der Waals surface area contributed by atoms with Gasteiger partial charge >= 0.3 is 6.18 Å². The summed E-state index contributed by atoms with van der Waals surface area (Å²) < 4.78 is 47.9. The molecule has 3 heterocycles. The Bertz CT molecular complexity index is 759. The van der Waals surface area contributed by atoms with Crippen molar-refractivity contribution in [2.75, 3.05) is 33.5 Å². The quantitative estimate of drug-likeness (QED) is 0.622. The maximum atomic E-state index is 14.1. The number of hydrogen-bond donors (Lipinski definition) is 2. The molecule has 7 unspecified atom stereocenters. The van der Waals surface area contributed by atoms with Gasteiger partial charge < -0.3 is 9.64 Å². The molecule has 2 saturated carbocycles. The van der Waals surface area contributed by atoms with Gasteiger partial charge in [0.15, 0.2) is 0 Å². The van der Waals surface area contributed by atoms with Crippen LogP contribution in [0.4, 0.5) is 13.2 Å². The normalized spacial score (nSPS) is 41.1. The maximum Gasteiger partial charge on any atom is 0.392 e. The first-order valence-electron chi connectivity index (χ1n) is 13.2. The summed E-state index contributed by atoms with van der Waals surface area (Å²) in [5, 5.41) is 0. The van der Waals surface area contributed by atoms with E-state index < -0.39 is 23.9 Å². The molecule has 0 aromatic rings. The van der Waals surface area contributed by atoms with E-state index in [1.54, 1.807) is 0 Å². The number of nitrogens with one attached hydrogen (secondary N) is 2. The molecule has 34 heavy (non-hydrogen) atoms. The second-order valence-corrected chi connectivity index (χ2v) is 12.2. The van der Waals surface area contributed by atoms with E-state index >= 15 is 0 Å². The van der Waals surface area contributed by atoms with Gasteiger partial charge in [0, 0.05) is 23.9 Å². The largest absolute Gasteiger partial charge is 0.392 e. The summed E-state index contributed by atoms with van der Waals surface area (Å²) in [6.07, 6.45) is 1.73. The van der Waals surface area contributed by atoms with Crippen molar-refractivity contribution in [3.05, 3.63) is 0 Å². The maximum absolute atomic E-state index is 14.1. The van der Waals surface area contributed by atoms with Gasteiger partial charge in [0.25, 0.3) is 0 Å². The van der Waals surface area contributed by atoms with Crippen LogP contribution < -0.4 is 10.9 Å². The van der Waals surface area contributed by atoms with Gasteiger partial charge in [-0.05, 0) is 69.2 Å². The van der Waals surface area contributed by atoms with E-state index in [9.17, 15) is 18.0 Å². The lowest BCUT2D eigenvalue weighted by Crippen LogP contribution is -2.56. The van der Waals surface area contributed by atoms with Crippen LogP contribution in [0.2, 0.25) is 0 Å². The summed E-state index contributed by atoms with van der Waals surface area (Å²) in [5.74, 6) is -1.82. The van der Waals surface area contributed by atoms with Crippen molar-refractivity contribution in [1.82, 2.24) is 20.7 Å². The van der Waals surface area contributed by atoms with Crippen LogP contribution in [0.3, 0.4) is 0 Å². The van der Waals surface area contributed by atoms with Gasteiger partial charge in [-0.25, -0.2) is 10.9 Å². The molecule has 2 aliphatic carbocycles. The third-order valence-corrected chi connectivity index (χ3v) is 9.98. The second-order valence-electron chi connectivity index (χ2n) is 12.2. The molecule has 6 nitrogen and oxygen atoms in total. The zero-order valence-corrected chi connectivity index (χ0v) is 20.7. The molecule has 0 bridgehead atoms. The number of hydrogen-bond acceptors (Lipinski definition) is 5. The molecular weight excluding hydrogens is 445 g/mol. The van der Waals surface area contributed by atoms with Crippen LogP contribution in [-0.4, -0.2) is 67.6 Å². The van der Waals surface area contributed by atoms with Crippen molar-refractivity contribution < 1.29 is 22.7 Å². The number of carbonyl (C=O) groups is 1. The van der Waals surface area contributed by atoms with Crippen LogP contribution in [-0.2, 0) is 9.53 Å². The van der Waals surface area contributed by atoms with Crippen LogP contribution in [0.15, 0.2) is 0 Å². The lowest BCUT2D eigenvalue weighted by molar-refractivity contribution is -0.205. The van der Waals surface area contributed by atoms with Crippen molar-refractivity contribution in [2.24, 2.45) is 40.9 Å². The summed E-state index contributed by atoms with van der Waals surface area (Å²) in [4.78, 5) is 17.7. The summed E-state index contributed by atoms with van der Waals surface area (Å²) in [6, 6.07) is 0.0631. The number of alkyl halides is 3. The van der Waals surface area contributed by atoms with Crippen LogP contribution in [0.1, 0.15) is 58.8 Å². The Labute approximate surface area is 201 Å². The van der Waals surface area contributed by atoms with E-state index in [0.29, 0.717) is 12.3 Å². The predicted octanol–water partition coefficient (Wildman–Crippen LogP) is 3.59. The van der Waals surface area contributed by atoms with Gasteiger partial charge in [-0.1, -0.05) is 20.3 Å². The molecule has 5 rings (SSSR count). The monoisotopic (exact) mass is 486 g/mol. The van der Waals surface area contributed by atoms with E-state index in [4.69, 9.17) is 4.74 Å². The summed E-state index contributed by atoms with van der Waals surface area (Å²) >= 11 is 0. The predicted molar refractivity (Wildman–Crippen MR) is 122 cm³/mol. The molecule has 5 fully saturated rings. The Morgan fingerprint density at radius 3 is 2.53 bits per heavy atom. The van der Waals surface area contributed by atoms with Crippen LogP contribution in [0, 0.1) is 40.9 Å². The topological polar surface area (TPSA) is 56.8 Å². The Morgan fingerprint density at radius 2 is 1.94 bits per heavy atom. The fourth-order valence-electron chi connectivity index (χ4n) is 7.69. The number of hydrazine groups is 1. The number of rotatable bonds is 5. The van der Waals surface area contributed by atoms with Crippen LogP contribution >= 0.6 is 0 Å². The fourth-order valence-corrected chi connectivity index (χ4v) is 7.69. The lowest BCUT2D eigenvalue weighted by atomic mass is 9.64. The van der Waals surface area contributed by atoms with E-state index in [-0.39, 0.29) is 48.3 Å². The second kappa shape index (κ2) is 9.20. The van der Waals surface area contributed by atoms with Gasteiger partial charge in [0.2, 0.25) is 5.91 Å². The molecule has 194 valence electrons. The third kappa shape index (κ3) is 4.39. The highest BCUT2D eigenvalue weighted by molar-refractivity contribution is 5.82. The highest BCUT2D eigenvalue weighted by Crippen LogP contribution is 2.53. The average Bonchev–Trinajstić information content (AvgIpc) is 3.32. The van der Waals surface area contributed by atoms with E-state index in [2.05, 4.69) is 22.8 Å². The SMILES string of the molecule is CC(C)C1CC2C(=O)N(C3CCCC(C4(CC5NNCN5C)COC4)C3)CC2C(C(F)(F)F)C1. The van der Waals surface area contributed by atoms with Crippen molar-refractivity contribution in [2.45, 2.75) is 77.2 Å². The Hall–Kier alpha value is -0.900. The van der Waals surface area contributed by atoms with Gasteiger partial charge in [-0.3, -0.25) is 9.69 Å². The molecule has 0 radical (unpaired) electrons. The summed E-state index contributed by atoms with van der Waals surface area (Å²) in [7, 11) is 2.10. The first-order chi connectivity index (χ1) is 16.1. The minimum absolute atomic E-state index is 0.00412. The molecule has 0 spiro atoms. The third-order valence-electron chi connectivity index (χ3n) is 9.98. The molecular formula is C25H41F3N4O2. The van der Waals surface area contributed by atoms with E-state index in [1.165, 1.54) is 0 Å². The standard InChI is InChI=1S/C25H41F3N4O2/c1-15(2)16-7-19-20(21(8-16)25(26,27)28)11-32(23(19)33)18-6-4-5-17(9-18)24(12-34-13-24)10-22-30-29-14-31(22)3/h15-22,29-30H,4-14H2,1-3H3. The zero-order valence-electron chi connectivity index (χ0n) is 20.7. The molecule has 9 heteroatoms. The van der Waals surface area contributed by atoms with Crippen LogP contribution in [0.5, 0.6) is 0 Å². The summed E-state index contributed by atoms with van der Waals surface area (Å²) in [6.45, 7) is 6.55. The first-order valence-corrected chi connectivity index (χ1v) is 13.2. The Morgan fingerprint density at radius 1 is 1.18 bits per heavy atom. The van der Waals surface area contributed by atoms with E-state index in [0.717, 1.165) is 52.0 Å². The molecule has 2 N–H and O–H groups in total. The fraction of sp³-hybridized carbons (Fsp3) is 0.960.